The highest BCUT2D eigenvalue weighted by atomic mass is 16.5. The molecule has 1 aromatic carbocycles. The molecule has 1 fully saturated rings. The van der Waals surface area contributed by atoms with Crippen LogP contribution in [0.3, 0.4) is 0 Å². The van der Waals surface area contributed by atoms with Crippen LogP contribution >= 0.6 is 0 Å². The Bertz CT molecular complexity index is 853. The summed E-state index contributed by atoms with van der Waals surface area (Å²) in [6.07, 6.45) is 1.81. The Balaban J connectivity index is 1.64. The van der Waals surface area contributed by atoms with Crippen molar-refractivity contribution < 1.29 is 9.53 Å². The van der Waals surface area contributed by atoms with Crippen LogP contribution in [0.2, 0.25) is 0 Å². The van der Waals surface area contributed by atoms with Gasteiger partial charge in [0.1, 0.15) is 17.2 Å². The van der Waals surface area contributed by atoms with E-state index in [1.54, 1.807) is 6.07 Å². The highest BCUT2D eigenvalue weighted by Gasteiger charge is 2.13. The molecular weight excluding hydrogens is 306 g/mol. The SMILES string of the molecule is O=COc1cccc2[nH]c(-c3ccc(N4CCNCC4)nc3)nc12. The van der Waals surface area contributed by atoms with Crippen molar-refractivity contribution in [2.45, 2.75) is 0 Å². The van der Waals surface area contributed by atoms with Gasteiger partial charge in [0, 0.05) is 37.9 Å². The number of carbonyl (C=O) groups is 1. The standard InChI is InChI=1S/C17H17N5O2/c23-11-24-14-3-1-2-13-16(14)21-17(20-13)12-4-5-15(19-10-12)22-8-6-18-7-9-22/h1-5,10-11,18H,6-9H2,(H,20,21). The summed E-state index contributed by atoms with van der Waals surface area (Å²) < 4.78 is 4.98. The normalized spacial score (nSPS) is 14.8. The first-order valence-electron chi connectivity index (χ1n) is 7.86. The maximum atomic E-state index is 10.6. The first-order valence-corrected chi connectivity index (χ1v) is 7.86. The van der Waals surface area contributed by atoms with Gasteiger partial charge in [-0.2, -0.15) is 0 Å². The van der Waals surface area contributed by atoms with E-state index in [1.165, 1.54) is 0 Å². The maximum Gasteiger partial charge on any atom is 0.298 e. The van der Waals surface area contributed by atoms with Crippen LogP contribution in [0.4, 0.5) is 5.82 Å². The van der Waals surface area contributed by atoms with Gasteiger partial charge < -0.3 is 19.9 Å². The summed E-state index contributed by atoms with van der Waals surface area (Å²) in [5.74, 6) is 2.11. The van der Waals surface area contributed by atoms with Gasteiger partial charge in [-0.25, -0.2) is 9.97 Å². The molecule has 0 radical (unpaired) electrons. The fourth-order valence-electron chi connectivity index (χ4n) is 2.90. The molecule has 1 saturated heterocycles. The summed E-state index contributed by atoms with van der Waals surface area (Å²) in [5, 5.41) is 3.33. The summed E-state index contributed by atoms with van der Waals surface area (Å²) in [6.45, 7) is 4.29. The van der Waals surface area contributed by atoms with E-state index >= 15 is 0 Å². The molecule has 0 unspecified atom stereocenters. The number of hydrogen-bond donors (Lipinski definition) is 2. The minimum absolute atomic E-state index is 0.410. The maximum absolute atomic E-state index is 10.6. The second-order valence-electron chi connectivity index (χ2n) is 5.59. The molecule has 0 atom stereocenters. The Morgan fingerprint density at radius 1 is 1.17 bits per heavy atom. The largest absolute Gasteiger partial charge is 0.426 e. The zero-order chi connectivity index (χ0) is 16.4. The highest BCUT2D eigenvalue weighted by Crippen LogP contribution is 2.27. The summed E-state index contributed by atoms with van der Waals surface area (Å²) in [7, 11) is 0. The number of ether oxygens (including phenoxy) is 1. The molecule has 2 N–H and O–H groups in total. The number of rotatable bonds is 4. The van der Waals surface area contributed by atoms with Crippen LogP contribution in [0.5, 0.6) is 5.75 Å². The third kappa shape index (κ3) is 2.69. The lowest BCUT2D eigenvalue weighted by molar-refractivity contribution is -0.120. The quantitative estimate of drug-likeness (QED) is 0.709. The van der Waals surface area contributed by atoms with Crippen LogP contribution in [0, 0.1) is 0 Å². The van der Waals surface area contributed by atoms with Crippen LogP contribution in [-0.4, -0.2) is 47.6 Å². The molecule has 7 heteroatoms. The molecule has 3 heterocycles. The van der Waals surface area contributed by atoms with E-state index in [0.29, 0.717) is 23.6 Å². The van der Waals surface area contributed by atoms with E-state index in [4.69, 9.17) is 4.74 Å². The van der Waals surface area contributed by atoms with Gasteiger partial charge in [0.25, 0.3) is 6.47 Å². The molecule has 0 bridgehead atoms. The third-order valence-electron chi connectivity index (χ3n) is 4.11. The fourth-order valence-corrected chi connectivity index (χ4v) is 2.90. The Labute approximate surface area is 138 Å². The van der Waals surface area contributed by atoms with Gasteiger partial charge in [-0.3, -0.25) is 4.79 Å². The first-order chi connectivity index (χ1) is 11.8. The number of anilines is 1. The minimum Gasteiger partial charge on any atom is -0.426 e. The van der Waals surface area contributed by atoms with Crippen molar-refractivity contribution in [1.29, 1.82) is 0 Å². The molecule has 1 aliphatic heterocycles. The van der Waals surface area contributed by atoms with E-state index in [2.05, 4.69) is 25.2 Å². The smallest absolute Gasteiger partial charge is 0.298 e. The predicted molar refractivity (Wildman–Crippen MR) is 91.1 cm³/mol. The summed E-state index contributed by atoms with van der Waals surface area (Å²) in [6, 6.07) is 9.44. The van der Waals surface area contributed by atoms with Crippen molar-refractivity contribution in [2.24, 2.45) is 0 Å². The third-order valence-corrected chi connectivity index (χ3v) is 4.11. The first kappa shape index (κ1) is 14.6. The monoisotopic (exact) mass is 323 g/mol. The zero-order valence-electron chi connectivity index (χ0n) is 13.0. The fraction of sp³-hybridized carbons (Fsp3) is 0.235. The number of para-hydroxylation sites is 1. The topological polar surface area (TPSA) is 83.1 Å². The van der Waals surface area contributed by atoms with Crippen molar-refractivity contribution in [3.05, 3.63) is 36.5 Å². The number of pyridine rings is 1. The Morgan fingerprint density at radius 2 is 2.04 bits per heavy atom. The van der Waals surface area contributed by atoms with Crippen molar-refractivity contribution >= 4 is 23.3 Å². The number of hydrogen-bond acceptors (Lipinski definition) is 6. The summed E-state index contributed by atoms with van der Waals surface area (Å²) in [5.41, 5.74) is 2.34. The molecule has 0 saturated carbocycles. The van der Waals surface area contributed by atoms with Crippen molar-refractivity contribution in [1.82, 2.24) is 20.3 Å². The molecule has 0 spiro atoms. The van der Waals surface area contributed by atoms with E-state index in [1.807, 2.05) is 30.5 Å². The van der Waals surface area contributed by atoms with Crippen molar-refractivity contribution in [3.8, 4) is 17.1 Å². The second kappa shape index (κ2) is 6.29. The van der Waals surface area contributed by atoms with Gasteiger partial charge in [0.05, 0.1) is 5.52 Å². The molecule has 24 heavy (non-hydrogen) atoms. The number of benzene rings is 1. The Hall–Kier alpha value is -2.93. The average molecular weight is 323 g/mol. The molecule has 0 amide bonds. The van der Waals surface area contributed by atoms with Crippen molar-refractivity contribution in [3.63, 3.8) is 0 Å². The van der Waals surface area contributed by atoms with Gasteiger partial charge in [-0.15, -0.1) is 0 Å². The number of nitrogens with one attached hydrogen (secondary N) is 2. The van der Waals surface area contributed by atoms with Gasteiger partial charge in [0.2, 0.25) is 0 Å². The molecule has 4 rings (SSSR count). The lowest BCUT2D eigenvalue weighted by Gasteiger charge is -2.28. The van der Waals surface area contributed by atoms with Crippen LogP contribution in [0.25, 0.3) is 22.4 Å². The van der Waals surface area contributed by atoms with Gasteiger partial charge in [-0.05, 0) is 24.3 Å². The van der Waals surface area contributed by atoms with E-state index < -0.39 is 0 Å². The Morgan fingerprint density at radius 3 is 2.79 bits per heavy atom. The predicted octanol–water partition coefficient (Wildman–Crippen LogP) is 1.57. The number of aromatic amines is 1. The summed E-state index contributed by atoms with van der Waals surface area (Å²) >= 11 is 0. The number of H-pyrrole nitrogens is 1. The van der Waals surface area contributed by atoms with E-state index in [-0.39, 0.29) is 0 Å². The number of aromatic nitrogens is 3. The second-order valence-corrected chi connectivity index (χ2v) is 5.59. The highest BCUT2D eigenvalue weighted by molar-refractivity contribution is 5.85. The van der Waals surface area contributed by atoms with Crippen LogP contribution < -0.4 is 15.0 Å². The van der Waals surface area contributed by atoms with Crippen LogP contribution in [0.15, 0.2) is 36.5 Å². The number of carbonyl (C=O) groups excluding carboxylic acids is 1. The number of fused-ring (bicyclic) bond motifs is 1. The minimum atomic E-state index is 0.410. The van der Waals surface area contributed by atoms with Gasteiger partial charge in [0.15, 0.2) is 5.75 Å². The molecule has 122 valence electrons. The lowest BCUT2D eigenvalue weighted by Crippen LogP contribution is -2.43. The Kier molecular flexibility index (Phi) is 3.84. The molecule has 2 aromatic heterocycles. The zero-order valence-corrected chi connectivity index (χ0v) is 13.0. The van der Waals surface area contributed by atoms with Gasteiger partial charge in [-0.1, -0.05) is 6.07 Å². The van der Waals surface area contributed by atoms with Crippen molar-refractivity contribution in [2.75, 3.05) is 31.1 Å². The number of piperazine rings is 1. The summed E-state index contributed by atoms with van der Waals surface area (Å²) in [4.78, 5) is 25.2. The molecule has 7 nitrogen and oxygen atoms in total. The molecule has 3 aromatic rings. The van der Waals surface area contributed by atoms with E-state index in [9.17, 15) is 4.79 Å². The van der Waals surface area contributed by atoms with Crippen LogP contribution in [-0.2, 0) is 4.79 Å². The lowest BCUT2D eigenvalue weighted by atomic mass is 10.2. The van der Waals surface area contributed by atoms with E-state index in [0.717, 1.165) is 43.1 Å². The number of imidazole rings is 1. The van der Waals surface area contributed by atoms with Gasteiger partial charge >= 0.3 is 0 Å². The average Bonchev–Trinajstić information content (AvgIpc) is 3.08. The molecule has 1 aliphatic rings. The number of nitrogens with zero attached hydrogens (tertiary/aromatic N) is 3. The van der Waals surface area contributed by atoms with Crippen LogP contribution in [0.1, 0.15) is 0 Å². The molecular formula is C17H17N5O2. The molecule has 0 aliphatic carbocycles.